The van der Waals surface area contributed by atoms with Crippen LogP contribution in [-0.2, 0) is 9.63 Å². The molecule has 0 amide bonds. The van der Waals surface area contributed by atoms with Gasteiger partial charge >= 0.3 is 5.97 Å². The van der Waals surface area contributed by atoms with Crippen molar-refractivity contribution in [2.75, 3.05) is 6.61 Å². The number of oxime groups is 1. The Hall–Kier alpha value is -1.43. The normalized spacial score (nSPS) is 10.5. The Morgan fingerprint density at radius 3 is 3.00 bits per heavy atom. The SMILES string of the molecule is O=C(O)CON=Cc1ccc(F)c(Br)c1. The highest BCUT2D eigenvalue weighted by atomic mass is 79.9. The Balaban J connectivity index is 2.57. The van der Waals surface area contributed by atoms with E-state index in [1.165, 1.54) is 24.4 Å². The number of carbonyl (C=O) groups is 1. The molecular weight excluding hydrogens is 269 g/mol. The highest BCUT2D eigenvalue weighted by Crippen LogP contribution is 2.15. The molecule has 80 valence electrons. The third-order valence-corrected chi connectivity index (χ3v) is 2.02. The van der Waals surface area contributed by atoms with Crippen molar-refractivity contribution in [2.24, 2.45) is 5.16 Å². The van der Waals surface area contributed by atoms with E-state index in [0.717, 1.165) is 0 Å². The maximum atomic E-state index is 12.8. The molecule has 0 aliphatic heterocycles. The van der Waals surface area contributed by atoms with E-state index < -0.39 is 12.6 Å². The fourth-order valence-electron chi connectivity index (χ4n) is 0.783. The van der Waals surface area contributed by atoms with E-state index in [1.807, 2.05) is 0 Å². The summed E-state index contributed by atoms with van der Waals surface area (Å²) in [5.74, 6) is -1.48. The van der Waals surface area contributed by atoms with Crippen LogP contribution in [0.1, 0.15) is 5.56 Å². The summed E-state index contributed by atoms with van der Waals surface area (Å²) in [6.07, 6.45) is 1.30. The van der Waals surface area contributed by atoms with Crippen molar-refractivity contribution in [3.8, 4) is 0 Å². The lowest BCUT2D eigenvalue weighted by molar-refractivity contribution is -0.142. The molecule has 1 rings (SSSR count). The number of carboxylic acids is 1. The van der Waals surface area contributed by atoms with E-state index in [2.05, 4.69) is 25.9 Å². The average Bonchev–Trinajstić information content (AvgIpc) is 2.18. The van der Waals surface area contributed by atoms with Gasteiger partial charge in [-0.3, -0.25) is 0 Å². The highest BCUT2D eigenvalue weighted by molar-refractivity contribution is 9.10. The van der Waals surface area contributed by atoms with Gasteiger partial charge in [0.2, 0.25) is 6.61 Å². The van der Waals surface area contributed by atoms with Gasteiger partial charge in [-0.05, 0) is 33.6 Å². The van der Waals surface area contributed by atoms with Crippen molar-refractivity contribution in [1.82, 2.24) is 0 Å². The summed E-state index contributed by atoms with van der Waals surface area (Å²) in [7, 11) is 0. The summed E-state index contributed by atoms with van der Waals surface area (Å²) < 4.78 is 13.1. The number of nitrogens with zero attached hydrogens (tertiary/aromatic N) is 1. The van der Waals surface area contributed by atoms with E-state index in [-0.39, 0.29) is 5.82 Å². The Kier molecular flexibility index (Phi) is 4.23. The summed E-state index contributed by atoms with van der Waals surface area (Å²) in [4.78, 5) is 14.5. The Morgan fingerprint density at radius 2 is 2.40 bits per heavy atom. The van der Waals surface area contributed by atoms with Crippen LogP contribution in [0, 0.1) is 5.82 Å². The zero-order valence-electron chi connectivity index (χ0n) is 7.48. The van der Waals surface area contributed by atoms with Crippen LogP contribution in [-0.4, -0.2) is 23.9 Å². The molecule has 0 atom stereocenters. The van der Waals surface area contributed by atoms with Gasteiger partial charge in [-0.25, -0.2) is 9.18 Å². The number of hydrogen-bond acceptors (Lipinski definition) is 3. The second kappa shape index (κ2) is 5.45. The van der Waals surface area contributed by atoms with Crippen LogP contribution in [0.3, 0.4) is 0 Å². The molecule has 0 saturated heterocycles. The van der Waals surface area contributed by atoms with Crippen LogP contribution >= 0.6 is 15.9 Å². The second-order valence-corrected chi connectivity index (χ2v) is 3.43. The van der Waals surface area contributed by atoms with Gasteiger partial charge in [0.15, 0.2) is 0 Å². The number of aliphatic carboxylic acids is 1. The van der Waals surface area contributed by atoms with Crippen LogP contribution in [0.5, 0.6) is 0 Å². The third-order valence-electron chi connectivity index (χ3n) is 1.41. The van der Waals surface area contributed by atoms with Crippen molar-refractivity contribution in [3.05, 3.63) is 34.1 Å². The largest absolute Gasteiger partial charge is 0.479 e. The average molecular weight is 276 g/mol. The fraction of sp³-hybridized carbons (Fsp3) is 0.111. The molecule has 0 aliphatic carbocycles. The molecule has 1 aromatic rings. The highest BCUT2D eigenvalue weighted by Gasteiger charge is 1.98. The first-order valence-electron chi connectivity index (χ1n) is 3.92. The molecule has 0 bridgehead atoms. The Labute approximate surface area is 93.5 Å². The van der Waals surface area contributed by atoms with E-state index in [1.54, 1.807) is 0 Å². The first kappa shape index (κ1) is 11.6. The number of halogens is 2. The summed E-state index contributed by atoms with van der Waals surface area (Å²) in [6, 6.07) is 4.26. The van der Waals surface area contributed by atoms with Gasteiger partial charge < -0.3 is 9.94 Å². The first-order chi connectivity index (χ1) is 7.09. The van der Waals surface area contributed by atoms with Gasteiger partial charge in [0.25, 0.3) is 0 Å². The zero-order valence-corrected chi connectivity index (χ0v) is 9.07. The Morgan fingerprint density at radius 1 is 1.67 bits per heavy atom. The van der Waals surface area contributed by atoms with E-state index in [4.69, 9.17) is 5.11 Å². The molecule has 1 aromatic carbocycles. The maximum Gasteiger partial charge on any atom is 0.344 e. The predicted molar refractivity (Wildman–Crippen MR) is 55.3 cm³/mol. The lowest BCUT2D eigenvalue weighted by Gasteiger charge is -1.96. The van der Waals surface area contributed by atoms with Gasteiger partial charge in [-0.2, -0.15) is 0 Å². The standard InChI is InChI=1S/C9H7BrFNO3/c10-7-3-6(1-2-8(7)11)4-12-15-5-9(13)14/h1-4H,5H2,(H,13,14). The minimum Gasteiger partial charge on any atom is -0.479 e. The first-order valence-corrected chi connectivity index (χ1v) is 4.71. The molecule has 6 heteroatoms. The van der Waals surface area contributed by atoms with Gasteiger partial charge in [0.05, 0.1) is 10.7 Å². The molecule has 0 radical (unpaired) electrons. The molecule has 0 aliphatic rings. The van der Waals surface area contributed by atoms with Crippen molar-refractivity contribution in [1.29, 1.82) is 0 Å². The summed E-state index contributed by atoms with van der Waals surface area (Å²) >= 11 is 3.01. The maximum absolute atomic E-state index is 12.8. The topological polar surface area (TPSA) is 58.9 Å². The van der Waals surface area contributed by atoms with Crippen molar-refractivity contribution >= 4 is 28.1 Å². The smallest absolute Gasteiger partial charge is 0.344 e. The van der Waals surface area contributed by atoms with Gasteiger partial charge in [0, 0.05) is 0 Å². The Bertz CT molecular complexity index is 395. The van der Waals surface area contributed by atoms with Crippen molar-refractivity contribution in [2.45, 2.75) is 0 Å². The predicted octanol–water partition coefficient (Wildman–Crippen LogP) is 2.02. The van der Waals surface area contributed by atoms with Crippen LogP contribution < -0.4 is 0 Å². The van der Waals surface area contributed by atoms with Crippen LogP contribution in [0.15, 0.2) is 27.8 Å². The molecule has 0 spiro atoms. The summed E-state index contributed by atoms with van der Waals surface area (Å²) in [6.45, 7) is -0.501. The lowest BCUT2D eigenvalue weighted by atomic mass is 10.2. The molecular formula is C9H7BrFNO3. The number of benzene rings is 1. The number of rotatable bonds is 4. The van der Waals surface area contributed by atoms with Gasteiger partial charge in [-0.15, -0.1) is 0 Å². The van der Waals surface area contributed by atoms with Crippen molar-refractivity contribution < 1.29 is 19.1 Å². The fourth-order valence-corrected chi connectivity index (χ4v) is 1.18. The summed E-state index contributed by atoms with van der Waals surface area (Å²) in [5.41, 5.74) is 0.605. The minimum absolute atomic E-state index is 0.310. The van der Waals surface area contributed by atoms with E-state index >= 15 is 0 Å². The molecule has 0 saturated carbocycles. The monoisotopic (exact) mass is 275 g/mol. The number of carboxylic acid groups (broad SMARTS) is 1. The lowest BCUT2D eigenvalue weighted by Crippen LogP contribution is -2.03. The minimum atomic E-state index is -1.10. The zero-order chi connectivity index (χ0) is 11.3. The summed E-state index contributed by atoms with van der Waals surface area (Å²) in [5, 5.41) is 11.6. The number of hydrogen-bond donors (Lipinski definition) is 1. The molecule has 0 aromatic heterocycles. The van der Waals surface area contributed by atoms with Crippen LogP contribution in [0.4, 0.5) is 4.39 Å². The molecule has 4 nitrogen and oxygen atoms in total. The van der Waals surface area contributed by atoms with Gasteiger partial charge in [0.1, 0.15) is 5.82 Å². The van der Waals surface area contributed by atoms with E-state index in [9.17, 15) is 9.18 Å². The van der Waals surface area contributed by atoms with E-state index in [0.29, 0.717) is 10.0 Å². The second-order valence-electron chi connectivity index (χ2n) is 2.58. The van der Waals surface area contributed by atoms with Gasteiger partial charge in [-0.1, -0.05) is 11.2 Å². The molecule has 0 unspecified atom stereocenters. The molecule has 0 heterocycles. The van der Waals surface area contributed by atoms with Crippen LogP contribution in [0.2, 0.25) is 0 Å². The molecule has 1 N–H and O–H groups in total. The molecule has 0 fully saturated rings. The quantitative estimate of drug-likeness (QED) is 0.676. The van der Waals surface area contributed by atoms with Crippen molar-refractivity contribution in [3.63, 3.8) is 0 Å². The molecule has 15 heavy (non-hydrogen) atoms. The third kappa shape index (κ3) is 4.07. The van der Waals surface area contributed by atoms with Crippen LogP contribution in [0.25, 0.3) is 0 Å².